The van der Waals surface area contributed by atoms with Gasteiger partial charge in [-0.25, -0.2) is 13.1 Å². The van der Waals surface area contributed by atoms with E-state index < -0.39 is 47.1 Å². The largest absolute Gasteiger partial charge is 0.481 e. The Morgan fingerprint density at radius 2 is 1.81 bits per heavy atom. The van der Waals surface area contributed by atoms with Crippen LogP contribution in [0.25, 0.3) is 0 Å². The summed E-state index contributed by atoms with van der Waals surface area (Å²) in [6.07, 6.45) is -2.91. The van der Waals surface area contributed by atoms with Gasteiger partial charge in [0.05, 0.1) is 18.3 Å². The van der Waals surface area contributed by atoms with Gasteiger partial charge in [0.25, 0.3) is 0 Å². The number of hydrogen-bond donors (Lipinski definition) is 2. The third-order valence-corrected chi connectivity index (χ3v) is 4.58. The maximum absolute atomic E-state index is 11.8. The van der Waals surface area contributed by atoms with Crippen molar-refractivity contribution in [3.8, 4) is 0 Å². The summed E-state index contributed by atoms with van der Waals surface area (Å²) in [5.74, 6) is -1.90. The van der Waals surface area contributed by atoms with Gasteiger partial charge in [0.1, 0.15) is 6.61 Å². The summed E-state index contributed by atoms with van der Waals surface area (Å²) in [5.41, 5.74) is 0. The molecule has 0 aromatic carbocycles. The molecule has 1 saturated carbocycles. The minimum atomic E-state index is -4.48. The number of halogens is 3. The molecule has 2 N–H and O–H groups in total. The normalized spacial score (nSPS) is 24.0. The highest BCUT2D eigenvalue weighted by molar-refractivity contribution is 7.89. The van der Waals surface area contributed by atoms with E-state index in [1.165, 1.54) is 0 Å². The first-order valence-electron chi connectivity index (χ1n) is 6.46. The Labute approximate surface area is 120 Å². The molecule has 1 aliphatic rings. The van der Waals surface area contributed by atoms with Crippen molar-refractivity contribution in [3.05, 3.63) is 0 Å². The molecule has 0 bridgehead atoms. The molecule has 0 aliphatic heterocycles. The van der Waals surface area contributed by atoms with E-state index in [1.54, 1.807) is 0 Å². The second-order valence-corrected chi connectivity index (χ2v) is 6.86. The maximum atomic E-state index is 11.8. The topological polar surface area (TPSA) is 92.7 Å². The summed E-state index contributed by atoms with van der Waals surface area (Å²) in [4.78, 5) is 10.8. The third-order valence-electron chi connectivity index (χ3n) is 3.18. The predicted molar refractivity (Wildman–Crippen MR) is 67.2 cm³/mol. The van der Waals surface area contributed by atoms with E-state index in [0.717, 1.165) is 0 Å². The number of hydrogen-bond acceptors (Lipinski definition) is 4. The number of aliphatic carboxylic acids is 1. The van der Waals surface area contributed by atoms with Crippen LogP contribution >= 0.6 is 0 Å². The number of nitrogens with one attached hydrogen (secondary N) is 1. The molecule has 0 saturated heterocycles. The second-order valence-electron chi connectivity index (χ2n) is 4.99. The number of carboxylic acid groups (broad SMARTS) is 1. The van der Waals surface area contributed by atoms with Gasteiger partial charge in [-0.3, -0.25) is 4.79 Å². The van der Waals surface area contributed by atoms with Crippen LogP contribution in [0, 0.1) is 5.92 Å². The molecule has 0 spiro atoms. The van der Waals surface area contributed by atoms with E-state index in [4.69, 9.17) is 5.11 Å². The molecule has 0 aromatic rings. The minimum absolute atomic E-state index is 0.367. The minimum Gasteiger partial charge on any atom is -0.481 e. The number of carboxylic acids is 1. The van der Waals surface area contributed by atoms with Crippen LogP contribution in [0.5, 0.6) is 0 Å². The van der Waals surface area contributed by atoms with E-state index in [-0.39, 0.29) is 6.04 Å². The molecule has 0 amide bonds. The van der Waals surface area contributed by atoms with Gasteiger partial charge in [-0.15, -0.1) is 0 Å². The van der Waals surface area contributed by atoms with Crippen molar-refractivity contribution in [2.45, 2.75) is 37.9 Å². The van der Waals surface area contributed by atoms with Crippen molar-refractivity contribution in [3.63, 3.8) is 0 Å². The monoisotopic (exact) mass is 333 g/mol. The van der Waals surface area contributed by atoms with Crippen molar-refractivity contribution in [2.24, 2.45) is 5.92 Å². The van der Waals surface area contributed by atoms with Crippen LogP contribution < -0.4 is 4.72 Å². The second kappa shape index (κ2) is 7.41. The van der Waals surface area contributed by atoms with Crippen molar-refractivity contribution in [1.29, 1.82) is 0 Å². The van der Waals surface area contributed by atoms with Crippen molar-refractivity contribution in [1.82, 2.24) is 4.72 Å². The zero-order valence-corrected chi connectivity index (χ0v) is 12.0. The van der Waals surface area contributed by atoms with Crippen LogP contribution in [0.2, 0.25) is 0 Å². The van der Waals surface area contributed by atoms with E-state index >= 15 is 0 Å². The Morgan fingerprint density at radius 3 is 2.29 bits per heavy atom. The van der Waals surface area contributed by atoms with Gasteiger partial charge in [0.15, 0.2) is 0 Å². The smallest absolute Gasteiger partial charge is 0.411 e. The molecule has 0 unspecified atom stereocenters. The first-order chi connectivity index (χ1) is 9.59. The van der Waals surface area contributed by atoms with Crippen LogP contribution in [0.1, 0.15) is 25.7 Å². The van der Waals surface area contributed by atoms with Gasteiger partial charge in [-0.2, -0.15) is 13.2 Å². The summed E-state index contributed by atoms with van der Waals surface area (Å²) in [6.45, 7) is -2.02. The lowest BCUT2D eigenvalue weighted by Gasteiger charge is -2.26. The van der Waals surface area contributed by atoms with Gasteiger partial charge in [-0.1, -0.05) is 0 Å². The third kappa shape index (κ3) is 7.63. The Balaban J connectivity index is 2.29. The van der Waals surface area contributed by atoms with Crippen LogP contribution in [0.4, 0.5) is 13.2 Å². The molecule has 21 heavy (non-hydrogen) atoms. The van der Waals surface area contributed by atoms with Gasteiger partial charge in [0.2, 0.25) is 10.0 Å². The maximum Gasteiger partial charge on any atom is 0.411 e. The molecule has 1 fully saturated rings. The Hall–Kier alpha value is -0.870. The molecule has 10 heteroatoms. The number of sulfonamides is 1. The Bertz CT molecular complexity index is 443. The van der Waals surface area contributed by atoms with E-state index in [2.05, 4.69) is 9.46 Å². The quantitative estimate of drug-likeness (QED) is 0.681. The zero-order chi connectivity index (χ0) is 16.1. The average molecular weight is 333 g/mol. The molecule has 0 atom stereocenters. The fourth-order valence-corrected chi connectivity index (χ4v) is 3.33. The van der Waals surface area contributed by atoms with E-state index in [1.807, 2.05) is 0 Å². The van der Waals surface area contributed by atoms with Gasteiger partial charge in [0, 0.05) is 6.04 Å². The Morgan fingerprint density at radius 1 is 1.24 bits per heavy atom. The van der Waals surface area contributed by atoms with Gasteiger partial charge >= 0.3 is 12.1 Å². The van der Waals surface area contributed by atoms with E-state index in [9.17, 15) is 26.4 Å². The molecule has 1 rings (SSSR count). The van der Waals surface area contributed by atoms with E-state index in [0.29, 0.717) is 25.7 Å². The van der Waals surface area contributed by atoms with Gasteiger partial charge in [-0.05, 0) is 25.7 Å². The van der Waals surface area contributed by atoms with Crippen molar-refractivity contribution in [2.75, 3.05) is 19.0 Å². The summed E-state index contributed by atoms with van der Waals surface area (Å²) in [5, 5.41) is 8.82. The van der Waals surface area contributed by atoms with Crippen LogP contribution in [0.3, 0.4) is 0 Å². The highest BCUT2D eigenvalue weighted by Gasteiger charge is 2.29. The van der Waals surface area contributed by atoms with Crippen molar-refractivity contribution < 1.29 is 36.2 Å². The first kappa shape index (κ1) is 18.2. The zero-order valence-electron chi connectivity index (χ0n) is 11.2. The van der Waals surface area contributed by atoms with Gasteiger partial charge < -0.3 is 9.84 Å². The molecule has 0 radical (unpaired) electrons. The average Bonchev–Trinajstić information content (AvgIpc) is 2.34. The standard InChI is InChI=1S/C11H18F3NO5S/c12-11(13,14)7-20-5-6-21(18,19)15-9-3-1-8(2-4-9)10(16)17/h8-9,15H,1-7H2,(H,16,17). The van der Waals surface area contributed by atoms with Crippen LogP contribution in [-0.2, 0) is 19.6 Å². The highest BCUT2D eigenvalue weighted by Crippen LogP contribution is 2.24. The Kier molecular flexibility index (Phi) is 6.41. The molecule has 0 aromatic heterocycles. The molecule has 124 valence electrons. The number of ether oxygens (including phenoxy) is 1. The number of alkyl halides is 3. The van der Waals surface area contributed by atoms with Crippen LogP contribution in [-0.4, -0.2) is 50.7 Å². The predicted octanol–water partition coefficient (Wildman–Crippen LogP) is 1.13. The number of rotatable bonds is 7. The summed E-state index contributed by atoms with van der Waals surface area (Å²) < 4.78 is 65.4. The first-order valence-corrected chi connectivity index (χ1v) is 8.11. The molecular formula is C11H18F3NO5S. The molecule has 1 aliphatic carbocycles. The summed E-state index contributed by atoms with van der Waals surface area (Å²) >= 11 is 0. The molecule has 0 heterocycles. The highest BCUT2D eigenvalue weighted by atomic mass is 32.2. The SMILES string of the molecule is O=C(O)C1CCC(NS(=O)(=O)CCOCC(F)(F)F)CC1. The summed E-state index contributed by atoms with van der Waals surface area (Å²) in [7, 11) is -3.73. The van der Waals surface area contributed by atoms with Crippen molar-refractivity contribution >= 4 is 16.0 Å². The molecular weight excluding hydrogens is 315 g/mol. The summed E-state index contributed by atoms with van der Waals surface area (Å²) in [6, 6.07) is -0.367. The fraction of sp³-hybridized carbons (Fsp3) is 0.909. The lowest BCUT2D eigenvalue weighted by atomic mass is 9.87. The number of carbonyl (C=O) groups is 1. The lowest BCUT2D eigenvalue weighted by molar-refractivity contribution is -0.172. The van der Waals surface area contributed by atoms with Crippen LogP contribution in [0.15, 0.2) is 0 Å². The molecule has 6 nitrogen and oxygen atoms in total. The lowest BCUT2D eigenvalue weighted by Crippen LogP contribution is -2.40. The fourth-order valence-electron chi connectivity index (χ4n) is 2.13.